The van der Waals surface area contributed by atoms with Crippen LogP contribution in [0, 0.1) is 11.8 Å². The van der Waals surface area contributed by atoms with Gasteiger partial charge in [0.2, 0.25) is 5.91 Å². The van der Waals surface area contributed by atoms with Crippen molar-refractivity contribution in [2.24, 2.45) is 11.8 Å². The maximum absolute atomic E-state index is 12.3. The molecule has 104 valence electrons. The number of piperazine rings is 1. The molecule has 0 saturated carbocycles. The molecular formula is C13H24N2O3. The van der Waals surface area contributed by atoms with Crippen LogP contribution in [-0.2, 0) is 14.3 Å². The normalized spacial score (nSPS) is 18.8. The third-order valence-corrected chi connectivity index (χ3v) is 3.52. The Morgan fingerprint density at radius 1 is 1.17 bits per heavy atom. The number of nitrogens with zero attached hydrogens (tertiary/aromatic N) is 2. The average Bonchev–Trinajstić information content (AvgIpc) is 2.38. The van der Waals surface area contributed by atoms with Gasteiger partial charge in [0.1, 0.15) is 5.92 Å². The molecule has 1 atom stereocenters. The Morgan fingerprint density at radius 3 is 2.11 bits per heavy atom. The molecule has 1 heterocycles. The average molecular weight is 256 g/mol. The van der Waals surface area contributed by atoms with Crippen molar-refractivity contribution in [2.75, 3.05) is 39.8 Å². The smallest absolute Gasteiger partial charge is 0.318 e. The van der Waals surface area contributed by atoms with Crippen LogP contribution in [0.4, 0.5) is 0 Å². The van der Waals surface area contributed by atoms with Crippen LogP contribution in [0.2, 0.25) is 0 Å². The number of methoxy groups -OCH3 is 1. The molecule has 18 heavy (non-hydrogen) atoms. The molecular weight excluding hydrogens is 232 g/mol. The first-order chi connectivity index (χ1) is 8.51. The van der Waals surface area contributed by atoms with Crippen molar-refractivity contribution in [3.8, 4) is 0 Å². The van der Waals surface area contributed by atoms with Crippen molar-refractivity contribution in [3.63, 3.8) is 0 Å². The molecule has 0 radical (unpaired) electrons. The third kappa shape index (κ3) is 3.45. The second-order valence-corrected chi connectivity index (χ2v) is 5.00. The van der Waals surface area contributed by atoms with Crippen molar-refractivity contribution >= 4 is 11.9 Å². The predicted octanol–water partition coefficient (Wildman–Crippen LogP) is 0.596. The van der Waals surface area contributed by atoms with E-state index in [1.165, 1.54) is 7.11 Å². The number of likely N-dealkylation sites (N-methyl/N-ethyl adjacent to an activating group) is 1. The summed E-state index contributed by atoms with van der Waals surface area (Å²) in [5.41, 5.74) is 0. The topological polar surface area (TPSA) is 49.9 Å². The molecule has 1 aliphatic rings. The van der Waals surface area contributed by atoms with E-state index in [1.54, 1.807) is 4.90 Å². The SMILES string of the molecule is CCN1CCN(C(=O)C(C(=O)OC)C(C)C)CC1. The number of hydrogen-bond donors (Lipinski definition) is 0. The summed E-state index contributed by atoms with van der Waals surface area (Å²) in [7, 11) is 1.33. The third-order valence-electron chi connectivity index (χ3n) is 3.52. The van der Waals surface area contributed by atoms with Crippen molar-refractivity contribution in [3.05, 3.63) is 0 Å². The molecule has 1 fully saturated rings. The maximum Gasteiger partial charge on any atom is 0.318 e. The van der Waals surface area contributed by atoms with Crippen LogP contribution in [0.15, 0.2) is 0 Å². The molecule has 0 aliphatic carbocycles. The molecule has 1 aliphatic heterocycles. The number of hydrogen-bond acceptors (Lipinski definition) is 4. The van der Waals surface area contributed by atoms with Gasteiger partial charge in [0.05, 0.1) is 7.11 Å². The molecule has 5 nitrogen and oxygen atoms in total. The summed E-state index contributed by atoms with van der Waals surface area (Å²) >= 11 is 0. The van der Waals surface area contributed by atoms with Gasteiger partial charge in [0.25, 0.3) is 0 Å². The van der Waals surface area contributed by atoms with E-state index in [1.807, 2.05) is 13.8 Å². The fourth-order valence-electron chi connectivity index (χ4n) is 2.27. The lowest BCUT2D eigenvalue weighted by molar-refractivity contribution is -0.156. The molecule has 5 heteroatoms. The van der Waals surface area contributed by atoms with Crippen LogP contribution in [-0.4, -0.2) is 61.5 Å². The molecule has 0 aromatic heterocycles. The quantitative estimate of drug-likeness (QED) is 0.546. The minimum absolute atomic E-state index is 0.0332. The summed E-state index contributed by atoms with van der Waals surface area (Å²) in [6.07, 6.45) is 0. The van der Waals surface area contributed by atoms with E-state index in [0.29, 0.717) is 13.1 Å². The Morgan fingerprint density at radius 2 is 1.72 bits per heavy atom. The maximum atomic E-state index is 12.3. The highest BCUT2D eigenvalue weighted by atomic mass is 16.5. The summed E-state index contributed by atoms with van der Waals surface area (Å²) in [6, 6.07) is 0. The zero-order chi connectivity index (χ0) is 13.7. The fraction of sp³-hybridized carbons (Fsp3) is 0.846. The number of rotatable bonds is 4. The predicted molar refractivity (Wildman–Crippen MR) is 69.0 cm³/mol. The molecule has 0 spiro atoms. The molecule has 1 rings (SSSR count). The largest absolute Gasteiger partial charge is 0.468 e. The zero-order valence-corrected chi connectivity index (χ0v) is 11.8. The second kappa shape index (κ2) is 6.73. The summed E-state index contributed by atoms with van der Waals surface area (Å²) in [6.45, 7) is 10.0. The summed E-state index contributed by atoms with van der Waals surface area (Å²) in [4.78, 5) is 28.1. The van der Waals surface area contributed by atoms with Crippen LogP contribution >= 0.6 is 0 Å². The van der Waals surface area contributed by atoms with E-state index < -0.39 is 11.9 Å². The molecule has 0 aromatic carbocycles. The number of amides is 1. The van der Waals surface area contributed by atoms with Crippen LogP contribution in [0.5, 0.6) is 0 Å². The fourth-order valence-corrected chi connectivity index (χ4v) is 2.27. The minimum atomic E-state index is -0.664. The Bertz CT molecular complexity index is 297. The van der Waals surface area contributed by atoms with Gasteiger partial charge in [-0.05, 0) is 12.5 Å². The Hall–Kier alpha value is -1.10. The standard InChI is InChI=1S/C13H24N2O3/c1-5-14-6-8-15(9-7-14)12(16)11(10(2)3)13(17)18-4/h10-11H,5-9H2,1-4H3. The molecule has 0 aromatic rings. The highest BCUT2D eigenvalue weighted by molar-refractivity contribution is 5.98. The van der Waals surface area contributed by atoms with E-state index in [-0.39, 0.29) is 11.8 Å². The highest BCUT2D eigenvalue weighted by Gasteiger charge is 2.35. The van der Waals surface area contributed by atoms with Gasteiger partial charge in [-0.2, -0.15) is 0 Å². The van der Waals surface area contributed by atoms with Gasteiger partial charge in [0.15, 0.2) is 0 Å². The van der Waals surface area contributed by atoms with Gasteiger partial charge in [-0.3, -0.25) is 9.59 Å². The Balaban J connectivity index is 2.64. The van der Waals surface area contributed by atoms with E-state index in [4.69, 9.17) is 4.74 Å². The van der Waals surface area contributed by atoms with Crippen LogP contribution < -0.4 is 0 Å². The van der Waals surface area contributed by atoms with Crippen LogP contribution in [0.3, 0.4) is 0 Å². The van der Waals surface area contributed by atoms with Crippen molar-refractivity contribution in [2.45, 2.75) is 20.8 Å². The zero-order valence-electron chi connectivity index (χ0n) is 11.8. The monoisotopic (exact) mass is 256 g/mol. The van der Waals surface area contributed by atoms with Gasteiger partial charge in [-0.25, -0.2) is 0 Å². The molecule has 0 N–H and O–H groups in total. The highest BCUT2D eigenvalue weighted by Crippen LogP contribution is 2.17. The summed E-state index contributed by atoms with van der Waals surface area (Å²) in [5, 5.41) is 0. The van der Waals surface area contributed by atoms with E-state index >= 15 is 0 Å². The van der Waals surface area contributed by atoms with E-state index in [2.05, 4.69) is 11.8 Å². The Labute approximate surface area is 109 Å². The van der Waals surface area contributed by atoms with Gasteiger partial charge in [0, 0.05) is 26.2 Å². The number of carbonyl (C=O) groups excluding carboxylic acids is 2. The van der Waals surface area contributed by atoms with Crippen LogP contribution in [0.1, 0.15) is 20.8 Å². The summed E-state index contributed by atoms with van der Waals surface area (Å²) < 4.78 is 4.73. The summed E-state index contributed by atoms with van der Waals surface area (Å²) in [5.74, 6) is -1.21. The minimum Gasteiger partial charge on any atom is -0.468 e. The number of carbonyl (C=O) groups is 2. The van der Waals surface area contributed by atoms with Crippen LogP contribution in [0.25, 0.3) is 0 Å². The van der Waals surface area contributed by atoms with Crippen molar-refractivity contribution in [1.82, 2.24) is 9.80 Å². The second-order valence-electron chi connectivity index (χ2n) is 5.00. The van der Waals surface area contributed by atoms with E-state index in [9.17, 15) is 9.59 Å². The van der Waals surface area contributed by atoms with E-state index in [0.717, 1.165) is 19.6 Å². The van der Waals surface area contributed by atoms with Gasteiger partial charge >= 0.3 is 5.97 Å². The lowest BCUT2D eigenvalue weighted by Crippen LogP contribution is -2.52. The van der Waals surface area contributed by atoms with Gasteiger partial charge in [-0.1, -0.05) is 20.8 Å². The first kappa shape index (κ1) is 15.0. The molecule has 1 amide bonds. The molecule has 1 unspecified atom stereocenters. The molecule has 0 bridgehead atoms. The first-order valence-electron chi connectivity index (χ1n) is 6.60. The van der Waals surface area contributed by atoms with Gasteiger partial charge < -0.3 is 14.5 Å². The first-order valence-corrected chi connectivity index (χ1v) is 6.60. The van der Waals surface area contributed by atoms with Crippen molar-refractivity contribution in [1.29, 1.82) is 0 Å². The Kier molecular flexibility index (Phi) is 5.59. The molecule has 1 saturated heterocycles. The number of esters is 1. The lowest BCUT2D eigenvalue weighted by atomic mass is 9.94. The number of ether oxygens (including phenoxy) is 1. The van der Waals surface area contributed by atoms with Gasteiger partial charge in [-0.15, -0.1) is 0 Å². The van der Waals surface area contributed by atoms with Crippen molar-refractivity contribution < 1.29 is 14.3 Å². The lowest BCUT2D eigenvalue weighted by Gasteiger charge is -2.36.